The van der Waals surface area contributed by atoms with Gasteiger partial charge in [-0.3, -0.25) is 14.3 Å². The van der Waals surface area contributed by atoms with E-state index in [1.165, 1.54) is 6.92 Å². The highest BCUT2D eigenvalue weighted by Gasteiger charge is 2.29. The fourth-order valence-corrected chi connectivity index (χ4v) is 3.84. The van der Waals surface area contributed by atoms with Gasteiger partial charge in [0.05, 0.1) is 23.5 Å². The van der Waals surface area contributed by atoms with E-state index < -0.39 is 0 Å². The molecule has 2 heterocycles. The quantitative estimate of drug-likeness (QED) is 0.834. The van der Waals surface area contributed by atoms with Gasteiger partial charge in [0, 0.05) is 31.1 Å². The van der Waals surface area contributed by atoms with Crippen molar-refractivity contribution in [3.8, 4) is 0 Å². The maximum absolute atomic E-state index is 12.9. The zero-order valence-corrected chi connectivity index (χ0v) is 15.3. The molecule has 7 heteroatoms. The number of aromatic nitrogens is 2. The molecule has 0 bridgehead atoms. The summed E-state index contributed by atoms with van der Waals surface area (Å²) in [5.74, 6) is 0.896. The first kappa shape index (κ1) is 17.5. The molecule has 1 atom stereocenters. The first-order valence-corrected chi connectivity index (χ1v) is 9.40. The van der Waals surface area contributed by atoms with Crippen molar-refractivity contribution in [3.63, 3.8) is 0 Å². The molecule has 1 unspecified atom stereocenters. The summed E-state index contributed by atoms with van der Waals surface area (Å²) in [7, 11) is 0. The van der Waals surface area contributed by atoms with Gasteiger partial charge in [-0.15, -0.1) is 11.8 Å². The Labute approximate surface area is 151 Å². The summed E-state index contributed by atoms with van der Waals surface area (Å²) in [5, 5.41) is 7.05. The van der Waals surface area contributed by atoms with Crippen LogP contribution in [0.4, 0.5) is 5.69 Å². The Bertz CT molecular complexity index is 774. The van der Waals surface area contributed by atoms with E-state index in [2.05, 4.69) is 17.3 Å². The van der Waals surface area contributed by atoms with Gasteiger partial charge in [-0.25, -0.2) is 0 Å². The maximum atomic E-state index is 12.9. The van der Waals surface area contributed by atoms with Crippen molar-refractivity contribution in [2.45, 2.75) is 31.2 Å². The van der Waals surface area contributed by atoms with E-state index in [1.807, 2.05) is 40.0 Å². The molecule has 1 aliphatic rings. The van der Waals surface area contributed by atoms with Gasteiger partial charge in [-0.2, -0.15) is 5.10 Å². The van der Waals surface area contributed by atoms with E-state index in [9.17, 15) is 9.59 Å². The summed E-state index contributed by atoms with van der Waals surface area (Å²) in [6.07, 6.45) is 4.32. The summed E-state index contributed by atoms with van der Waals surface area (Å²) in [5.41, 5.74) is 1.45. The highest BCUT2D eigenvalue weighted by molar-refractivity contribution is 7.99. The Morgan fingerprint density at radius 2 is 2.16 bits per heavy atom. The Morgan fingerprint density at radius 3 is 2.92 bits per heavy atom. The van der Waals surface area contributed by atoms with Crippen molar-refractivity contribution in [2.24, 2.45) is 0 Å². The maximum Gasteiger partial charge on any atom is 0.255 e. The molecule has 1 fully saturated rings. The topological polar surface area (TPSA) is 67.2 Å². The van der Waals surface area contributed by atoms with Crippen molar-refractivity contribution < 1.29 is 9.59 Å². The van der Waals surface area contributed by atoms with Crippen molar-refractivity contribution in [2.75, 3.05) is 24.2 Å². The van der Waals surface area contributed by atoms with E-state index in [0.717, 1.165) is 22.6 Å². The van der Waals surface area contributed by atoms with Crippen LogP contribution in [0.5, 0.6) is 0 Å². The summed E-state index contributed by atoms with van der Waals surface area (Å²) >= 11 is 1.69. The number of benzene rings is 1. The lowest BCUT2D eigenvalue weighted by molar-refractivity contribution is -0.114. The number of amides is 2. The molecule has 1 aromatic heterocycles. The van der Waals surface area contributed by atoms with Gasteiger partial charge >= 0.3 is 0 Å². The third kappa shape index (κ3) is 4.04. The zero-order chi connectivity index (χ0) is 17.8. The molecular formula is C18H22N4O2S. The van der Waals surface area contributed by atoms with Crippen LogP contribution in [0.3, 0.4) is 0 Å². The van der Waals surface area contributed by atoms with Crippen LogP contribution in [0.15, 0.2) is 41.6 Å². The molecule has 25 heavy (non-hydrogen) atoms. The van der Waals surface area contributed by atoms with Gasteiger partial charge in [0.15, 0.2) is 0 Å². The van der Waals surface area contributed by atoms with Crippen molar-refractivity contribution in [3.05, 3.63) is 42.2 Å². The monoisotopic (exact) mass is 358 g/mol. The first-order valence-electron chi connectivity index (χ1n) is 8.41. The smallest absolute Gasteiger partial charge is 0.255 e. The number of carbonyl (C=O) groups excluding carboxylic acids is 2. The standard InChI is InChI=1S/C18H22N4O2S/c1-3-25-17-7-5-4-6-16(17)18(24)21-9-8-15(12-21)22-11-14(10-19-22)20-13(2)23/h4-7,10-11,15H,3,8-9,12H2,1-2H3,(H,20,23). The average Bonchev–Trinajstić information content (AvgIpc) is 3.23. The Morgan fingerprint density at radius 1 is 1.36 bits per heavy atom. The number of hydrogen-bond donors (Lipinski definition) is 1. The SMILES string of the molecule is CCSc1ccccc1C(=O)N1CCC(n2cc(NC(C)=O)cn2)C1. The van der Waals surface area contributed by atoms with E-state index in [4.69, 9.17) is 0 Å². The average molecular weight is 358 g/mol. The number of carbonyl (C=O) groups is 2. The van der Waals surface area contributed by atoms with Crippen molar-refractivity contribution in [1.82, 2.24) is 14.7 Å². The lowest BCUT2D eigenvalue weighted by Gasteiger charge is -2.18. The van der Waals surface area contributed by atoms with Crippen LogP contribution < -0.4 is 5.32 Å². The van der Waals surface area contributed by atoms with Crippen LogP contribution in [0.1, 0.15) is 36.7 Å². The second-order valence-corrected chi connectivity index (χ2v) is 7.32. The lowest BCUT2D eigenvalue weighted by Crippen LogP contribution is -2.29. The second-order valence-electron chi connectivity index (χ2n) is 6.01. The molecule has 2 aromatic rings. The molecule has 1 aliphatic heterocycles. The molecule has 6 nitrogen and oxygen atoms in total. The minimum absolute atomic E-state index is 0.0771. The first-order chi connectivity index (χ1) is 12.1. The van der Waals surface area contributed by atoms with E-state index in [-0.39, 0.29) is 17.9 Å². The number of likely N-dealkylation sites (tertiary alicyclic amines) is 1. The van der Waals surface area contributed by atoms with Crippen molar-refractivity contribution in [1.29, 1.82) is 0 Å². The van der Waals surface area contributed by atoms with Crippen LogP contribution in [-0.2, 0) is 4.79 Å². The molecule has 0 radical (unpaired) electrons. The van der Waals surface area contributed by atoms with E-state index in [0.29, 0.717) is 18.8 Å². The number of hydrogen-bond acceptors (Lipinski definition) is 4. The Kier molecular flexibility index (Phi) is 5.43. The van der Waals surface area contributed by atoms with Crippen molar-refractivity contribution >= 4 is 29.3 Å². The number of nitrogens with zero attached hydrogens (tertiary/aromatic N) is 3. The van der Waals surface area contributed by atoms with Gasteiger partial charge in [0.2, 0.25) is 5.91 Å². The van der Waals surface area contributed by atoms with Crippen LogP contribution in [0.2, 0.25) is 0 Å². The van der Waals surface area contributed by atoms with Crippen LogP contribution in [0, 0.1) is 0 Å². The predicted octanol–water partition coefficient (Wildman–Crippen LogP) is 3.04. The largest absolute Gasteiger partial charge is 0.336 e. The number of nitrogens with one attached hydrogen (secondary N) is 1. The molecule has 0 aliphatic carbocycles. The molecule has 1 N–H and O–H groups in total. The number of thioether (sulfide) groups is 1. The second kappa shape index (κ2) is 7.74. The van der Waals surface area contributed by atoms with Gasteiger partial charge in [-0.1, -0.05) is 19.1 Å². The zero-order valence-electron chi connectivity index (χ0n) is 14.4. The van der Waals surface area contributed by atoms with E-state index in [1.54, 1.807) is 18.0 Å². The van der Waals surface area contributed by atoms with Gasteiger partial charge < -0.3 is 10.2 Å². The highest BCUT2D eigenvalue weighted by Crippen LogP contribution is 2.27. The summed E-state index contributed by atoms with van der Waals surface area (Å²) < 4.78 is 1.84. The molecule has 1 saturated heterocycles. The van der Waals surface area contributed by atoms with Gasteiger partial charge in [-0.05, 0) is 24.3 Å². The Balaban J connectivity index is 1.69. The minimum Gasteiger partial charge on any atom is -0.336 e. The number of rotatable bonds is 5. The highest BCUT2D eigenvalue weighted by atomic mass is 32.2. The third-order valence-electron chi connectivity index (χ3n) is 4.16. The molecule has 132 valence electrons. The Hall–Kier alpha value is -2.28. The van der Waals surface area contributed by atoms with Gasteiger partial charge in [0.1, 0.15) is 0 Å². The normalized spacial score (nSPS) is 16.9. The van der Waals surface area contributed by atoms with Crippen LogP contribution in [-0.4, -0.2) is 45.3 Å². The third-order valence-corrected chi connectivity index (χ3v) is 5.12. The molecule has 3 rings (SSSR count). The summed E-state index contributed by atoms with van der Waals surface area (Å²) in [6.45, 7) is 4.90. The molecule has 1 aromatic carbocycles. The fraction of sp³-hybridized carbons (Fsp3) is 0.389. The minimum atomic E-state index is -0.118. The lowest BCUT2D eigenvalue weighted by atomic mass is 10.2. The van der Waals surface area contributed by atoms with Crippen LogP contribution >= 0.6 is 11.8 Å². The van der Waals surface area contributed by atoms with Crippen LogP contribution in [0.25, 0.3) is 0 Å². The molecule has 2 amide bonds. The van der Waals surface area contributed by atoms with Gasteiger partial charge in [0.25, 0.3) is 5.91 Å². The molecule has 0 saturated carbocycles. The summed E-state index contributed by atoms with van der Waals surface area (Å²) in [4.78, 5) is 26.9. The fourth-order valence-electron chi connectivity index (χ4n) is 3.04. The van der Waals surface area contributed by atoms with E-state index >= 15 is 0 Å². The predicted molar refractivity (Wildman–Crippen MR) is 98.9 cm³/mol. The molecular weight excluding hydrogens is 336 g/mol. The molecule has 0 spiro atoms. The summed E-state index contributed by atoms with van der Waals surface area (Å²) in [6, 6.07) is 7.92. The number of anilines is 1.